The van der Waals surface area contributed by atoms with Crippen molar-refractivity contribution in [3.05, 3.63) is 0 Å². The van der Waals surface area contributed by atoms with E-state index in [1.54, 1.807) is 0 Å². The van der Waals surface area contributed by atoms with Gasteiger partial charge in [0.25, 0.3) is 0 Å². The highest BCUT2D eigenvalue weighted by Crippen LogP contribution is 2.10. The van der Waals surface area contributed by atoms with Crippen LogP contribution in [0.1, 0.15) is 19.3 Å². The van der Waals surface area contributed by atoms with Crippen LogP contribution in [-0.2, 0) is 10.2 Å². The number of rotatable bonds is 0. The first kappa shape index (κ1) is 9.45. The molecule has 78 valence electrons. The maximum absolute atomic E-state index is 11.1. The highest BCUT2D eigenvalue weighted by atomic mass is 32.2. The topological polar surface area (TPSA) is 74.1 Å². The van der Waals surface area contributed by atoms with Crippen molar-refractivity contribution in [2.45, 2.75) is 19.3 Å². The minimum Gasteiger partial charge on any atom is -0.342 e. The fourth-order valence-electron chi connectivity index (χ4n) is 1.56. The maximum atomic E-state index is 11.1. The maximum Gasteiger partial charge on any atom is 0.367 e. The molecule has 0 radical (unpaired) electrons. The van der Waals surface area contributed by atoms with Crippen molar-refractivity contribution in [3.63, 3.8) is 0 Å². The van der Waals surface area contributed by atoms with E-state index in [4.69, 9.17) is 0 Å². The van der Waals surface area contributed by atoms with Gasteiger partial charge in [0, 0.05) is 13.1 Å². The van der Waals surface area contributed by atoms with Crippen LogP contribution in [0.2, 0.25) is 0 Å². The van der Waals surface area contributed by atoms with Crippen molar-refractivity contribution < 1.29 is 8.42 Å². The molecule has 6 nitrogen and oxygen atoms in total. The molecular formula is C7H12N4O2S. The van der Waals surface area contributed by atoms with Crippen LogP contribution in [0.25, 0.3) is 0 Å². The Hall–Kier alpha value is -1.11. The first-order valence-corrected chi connectivity index (χ1v) is 5.97. The molecule has 1 saturated heterocycles. The van der Waals surface area contributed by atoms with Gasteiger partial charge in [0.05, 0.1) is 0 Å². The number of guanidine groups is 1. The van der Waals surface area contributed by atoms with E-state index in [-0.39, 0.29) is 0 Å². The molecule has 7 heteroatoms. The Kier molecular flexibility index (Phi) is 2.40. The van der Waals surface area contributed by atoms with Gasteiger partial charge in [0.15, 0.2) is 0 Å². The molecule has 1 N–H and O–H groups in total. The summed E-state index contributed by atoms with van der Waals surface area (Å²) in [7, 11) is -3.63. The van der Waals surface area contributed by atoms with Gasteiger partial charge in [0.1, 0.15) is 6.34 Å². The van der Waals surface area contributed by atoms with Crippen LogP contribution in [0.4, 0.5) is 0 Å². The predicted molar refractivity (Wildman–Crippen MR) is 53.4 cm³/mol. The summed E-state index contributed by atoms with van der Waals surface area (Å²) in [6.07, 6.45) is 4.53. The zero-order valence-electron chi connectivity index (χ0n) is 7.68. The minimum absolute atomic E-state index is 0.403. The Morgan fingerprint density at radius 1 is 1.29 bits per heavy atom. The number of hydrogen-bond donors (Lipinski definition) is 1. The fourth-order valence-corrected chi connectivity index (χ4v) is 2.18. The molecule has 1 fully saturated rings. The number of nitrogens with one attached hydrogen (secondary N) is 1. The number of hydrogen-bond acceptors (Lipinski definition) is 4. The highest BCUT2D eigenvalue weighted by molar-refractivity contribution is 7.89. The minimum atomic E-state index is -3.63. The van der Waals surface area contributed by atoms with Gasteiger partial charge < -0.3 is 10.2 Å². The van der Waals surface area contributed by atoms with Crippen LogP contribution in [0.3, 0.4) is 0 Å². The Labute approximate surface area is 82.9 Å². The van der Waals surface area contributed by atoms with Crippen LogP contribution in [0.15, 0.2) is 8.80 Å². The molecule has 0 aromatic rings. The second kappa shape index (κ2) is 3.56. The normalized spacial score (nSPS) is 25.4. The quantitative estimate of drug-likeness (QED) is 0.603. The molecule has 0 unspecified atom stereocenters. The van der Waals surface area contributed by atoms with E-state index >= 15 is 0 Å². The predicted octanol–water partition coefficient (Wildman–Crippen LogP) is -0.295. The van der Waals surface area contributed by atoms with E-state index in [1.807, 2.05) is 4.90 Å². The average molecular weight is 216 g/mol. The molecule has 0 spiro atoms. The summed E-state index contributed by atoms with van der Waals surface area (Å²) in [5.41, 5.74) is 0. The second-order valence-corrected chi connectivity index (χ2v) is 4.58. The summed E-state index contributed by atoms with van der Waals surface area (Å²) in [4.78, 5) is 1.94. The van der Waals surface area contributed by atoms with Crippen LogP contribution in [0.5, 0.6) is 0 Å². The Balaban J connectivity index is 2.14. The lowest BCUT2D eigenvalue weighted by molar-refractivity contribution is 0.336. The van der Waals surface area contributed by atoms with Crippen LogP contribution < -0.4 is 5.32 Å². The third-order valence-corrected chi connectivity index (χ3v) is 3.01. The molecular weight excluding hydrogens is 204 g/mol. The third-order valence-electron chi connectivity index (χ3n) is 2.24. The second-order valence-electron chi connectivity index (χ2n) is 3.29. The Morgan fingerprint density at radius 3 is 2.64 bits per heavy atom. The molecule has 0 aromatic heterocycles. The summed E-state index contributed by atoms with van der Waals surface area (Å²) < 4.78 is 28.9. The van der Waals surface area contributed by atoms with Gasteiger partial charge in [-0.1, -0.05) is 0 Å². The van der Waals surface area contributed by atoms with E-state index < -0.39 is 10.2 Å². The van der Waals surface area contributed by atoms with Crippen molar-refractivity contribution in [1.29, 1.82) is 0 Å². The first-order valence-electron chi connectivity index (χ1n) is 4.58. The van der Waals surface area contributed by atoms with Crippen LogP contribution in [0, 0.1) is 0 Å². The number of nitrogens with zero attached hydrogens (tertiary/aromatic N) is 3. The summed E-state index contributed by atoms with van der Waals surface area (Å²) >= 11 is 0. The van der Waals surface area contributed by atoms with Crippen molar-refractivity contribution >= 4 is 22.5 Å². The molecule has 2 heterocycles. The third kappa shape index (κ3) is 2.03. The molecule has 0 atom stereocenters. The molecule has 0 aliphatic carbocycles. The first-order chi connectivity index (χ1) is 6.67. The summed E-state index contributed by atoms with van der Waals surface area (Å²) in [6.45, 7) is 1.71. The monoisotopic (exact) mass is 216 g/mol. The lowest BCUT2D eigenvalue weighted by Gasteiger charge is -2.29. The number of piperidine rings is 1. The largest absolute Gasteiger partial charge is 0.367 e. The molecule has 2 aliphatic heterocycles. The van der Waals surface area contributed by atoms with Gasteiger partial charge in [-0.25, -0.2) is 0 Å². The Bertz CT molecular complexity index is 367. The zero-order chi connectivity index (χ0) is 10.0. The van der Waals surface area contributed by atoms with Gasteiger partial charge in [0.2, 0.25) is 5.96 Å². The van der Waals surface area contributed by atoms with E-state index in [2.05, 4.69) is 14.1 Å². The lowest BCUT2D eigenvalue weighted by atomic mass is 10.1. The molecule has 0 saturated carbocycles. The van der Waals surface area contributed by atoms with Crippen molar-refractivity contribution in [1.82, 2.24) is 10.2 Å². The van der Waals surface area contributed by atoms with Crippen molar-refractivity contribution in [3.8, 4) is 0 Å². The van der Waals surface area contributed by atoms with Crippen LogP contribution in [-0.4, -0.2) is 38.7 Å². The van der Waals surface area contributed by atoms with Gasteiger partial charge in [-0.05, 0) is 19.3 Å². The molecule has 2 aliphatic rings. The van der Waals surface area contributed by atoms with E-state index in [0.29, 0.717) is 5.96 Å². The van der Waals surface area contributed by atoms with E-state index in [1.165, 1.54) is 12.8 Å². The zero-order valence-corrected chi connectivity index (χ0v) is 8.50. The summed E-state index contributed by atoms with van der Waals surface area (Å²) in [5, 5.41) is 2.75. The summed E-state index contributed by atoms with van der Waals surface area (Å²) in [6, 6.07) is 0. The van der Waals surface area contributed by atoms with E-state index in [0.717, 1.165) is 25.9 Å². The standard InChI is InChI=1S/C7H12N4O2S/c12-14(13)9-6-8-7(10-14)11-4-2-1-3-5-11/h6H,1-5H2,(H,8,9,10). The van der Waals surface area contributed by atoms with E-state index in [9.17, 15) is 8.42 Å². The molecule has 2 rings (SSSR count). The van der Waals surface area contributed by atoms with Crippen molar-refractivity contribution in [2.24, 2.45) is 8.80 Å². The fraction of sp³-hybridized carbons (Fsp3) is 0.714. The molecule has 0 amide bonds. The van der Waals surface area contributed by atoms with Gasteiger partial charge in [-0.3, -0.25) is 0 Å². The number of likely N-dealkylation sites (tertiary alicyclic amines) is 1. The smallest absolute Gasteiger partial charge is 0.342 e. The SMILES string of the molecule is O=S1(=O)N=CNC(N2CCCCC2)=N1. The summed E-state index contributed by atoms with van der Waals surface area (Å²) in [5.74, 6) is 0.403. The van der Waals surface area contributed by atoms with Crippen molar-refractivity contribution in [2.75, 3.05) is 13.1 Å². The average Bonchev–Trinajstić information content (AvgIpc) is 2.18. The molecule has 0 bridgehead atoms. The van der Waals surface area contributed by atoms with Gasteiger partial charge >= 0.3 is 10.2 Å². The highest BCUT2D eigenvalue weighted by Gasteiger charge is 2.19. The van der Waals surface area contributed by atoms with Crippen LogP contribution >= 0.6 is 0 Å². The molecule has 14 heavy (non-hydrogen) atoms. The molecule has 0 aromatic carbocycles. The van der Waals surface area contributed by atoms with Gasteiger partial charge in [-0.2, -0.15) is 8.42 Å². The lowest BCUT2D eigenvalue weighted by Crippen LogP contribution is -2.45. The van der Waals surface area contributed by atoms with Gasteiger partial charge in [-0.15, -0.1) is 8.80 Å². The Morgan fingerprint density at radius 2 is 2.00 bits per heavy atom.